The molecule has 0 unspecified atom stereocenters. The molecule has 5 nitrogen and oxygen atoms in total. The van der Waals surface area contributed by atoms with Gasteiger partial charge in [0.15, 0.2) is 5.96 Å². The van der Waals surface area contributed by atoms with Crippen molar-refractivity contribution < 1.29 is 0 Å². The van der Waals surface area contributed by atoms with Gasteiger partial charge in [-0.05, 0) is 12.0 Å². The average molecular weight is 233 g/mol. The highest BCUT2D eigenvalue weighted by atomic mass is 15.2. The summed E-state index contributed by atoms with van der Waals surface area (Å²) in [4.78, 5) is 9.78. The zero-order valence-electron chi connectivity index (χ0n) is 10.3. The molecule has 0 amide bonds. The molecule has 0 fully saturated rings. The van der Waals surface area contributed by atoms with Crippen LogP contribution < -0.4 is 11.5 Å². The van der Waals surface area contributed by atoms with Gasteiger partial charge in [-0.25, -0.2) is 0 Å². The number of guanidine groups is 2. The van der Waals surface area contributed by atoms with Crippen LogP contribution in [0.15, 0.2) is 40.3 Å². The molecule has 92 valence electrons. The SMILES string of the molecule is CN(C)C(N)=NC(N)=NCCc1ccccc1. The molecule has 0 saturated carbocycles. The van der Waals surface area contributed by atoms with Crippen LogP contribution in [0.5, 0.6) is 0 Å². The fourth-order valence-electron chi connectivity index (χ4n) is 1.20. The summed E-state index contributed by atoms with van der Waals surface area (Å²) in [5, 5.41) is 0. The Labute approximate surface area is 102 Å². The monoisotopic (exact) mass is 233 g/mol. The van der Waals surface area contributed by atoms with Crippen LogP contribution in [-0.4, -0.2) is 37.5 Å². The highest BCUT2D eigenvalue weighted by molar-refractivity contribution is 5.93. The topological polar surface area (TPSA) is 80.0 Å². The van der Waals surface area contributed by atoms with Crippen molar-refractivity contribution in [2.24, 2.45) is 21.5 Å². The Morgan fingerprint density at radius 1 is 1.18 bits per heavy atom. The van der Waals surface area contributed by atoms with Crippen LogP contribution in [-0.2, 0) is 6.42 Å². The zero-order valence-corrected chi connectivity index (χ0v) is 10.3. The molecule has 0 radical (unpaired) electrons. The van der Waals surface area contributed by atoms with Crippen molar-refractivity contribution in [3.05, 3.63) is 35.9 Å². The molecular weight excluding hydrogens is 214 g/mol. The Hall–Kier alpha value is -2.04. The second kappa shape index (κ2) is 6.52. The predicted octanol–water partition coefficient (Wildman–Crippen LogP) is 0.420. The summed E-state index contributed by atoms with van der Waals surface area (Å²) < 4.78 is 0. The zero-order chi connectivity index (χ0) is 12.7. The van der Waals surface area contributed by atoms with Crippen molar-refractivity contribution in [3.8, 4) is 0 Å². The van der Waals surface area contributed by atoms with Gasteiger partial charge >= 0.3 is 0 Å². The van der Waals surface area contributed by atoms with E-state index < -0.39 is 0 Å². The highest BCUT2D eigenvalue weighted by Gasteiger charge is 1.96. The molecule has 1 aromatic rings. The lowest BCUT2D eigenvalue weighted by Crippen LogP contribution is -2.32. The van der Waals surface area contributed by atoms with E-state index in [2.05, 4.69) is 22.1 Å². The largest absolute Gasteiger partial charge is 0.369 e. The van der Waals surface area contributed by atoms with Crippen LogP contribution >= 0.6 is 0 Å². The van der Waals surface area contributed by atoms with Crippen molar-refractivity contribution in [3.63, 3.8) is 0 Å². The molecular formula is C12H19N5. The molecule has 17 heavy (non-hydrogen) atoms. The number of nitrogens with zero attached hydrogens (tertiary/aromatic N) is 3. The fraction of sp³-hybridized carbons (Fsp3) is 0.333. The maximum Gasteiger partial charge on any atom is 0.218 e. The molecule has 1 rings (SSSR count). The average Bonchev–Trinajstić information content (AvgIpc) is 2.30. The molecule has 1 aromatic carbocycles. The Kier molecular flexibility index (Phi) is 5.00. The smallest absolute Gasteiger partial charge is 0.218 e. The summed E-state index contributed by atoms with van der Waals surface area (Å²) in [5.41, 5.74) is 12.5. The summed E-state index contributed by atoms with van der Waals surface area (Å²) in [6.07, 6.45) is 0.846. The maximum absolute atomic E-state index is 5.63. The van der Waals surface area contributed by atoms with Crippen LogP contribution in [0.1, 0.15) is 5.56 Å². The van der Waals surface area contributed by atoms with Gasteiger partial charge in [0.25, 0.3) is 0 Å². The normalized spacial score (nSPS) is 12.6. The number of hydrogen-bond acceptors (Lipinski definition) is 1. The minimum atomic E-state index is 0.215. The Morgan fingerprint density at radius 3 is 2.41 bits per heavy atom. The third kappa shape index (κ3) is 5.01. The van der Waals surface area contributed by atoms with Gasteiger partial charge in [0, 0.05) is 20.6 Å². The molecule has 4 N–H and O–H groups in total. The van der Waals surface area contributed by atoms with Gasteiger partial charge in [-0.1, -0.05) is 30.3 Å². The van der Waals surface area contributed by atoms with Crippen molar-refractivity contribution >= 4 is 11.9 Å². The van der Waals surface area contributed by atoms with E-state index in [1.54, 1.807) is 19.0 Å². The van der Waals surface area contributed by atoms with Gasteiger partial charge < -0.3 is 16.4 Å². The van der Waals surface area contributed by atoms with Gasteiger partial charge in [-0.3, -0.25) is 4.99 Å². The molecule has 0 bridgehead atoms. The standard InChI is InChI=1S/C12H19N5/c1-17(2)12(14)16-11(13)15-9-8-10-6-4-3-5-7-10/h3-7H,8-9H2,1-2H3,(H4,13,14,15,16). The number of aliphatic imine (C=N–C) groups is 2. The minimum Gasteiger partial charge on any atom is -0.369 e. The summed E-state index contributed by atoms with van der Waals surface area (Å²) >= 11 is 0. The Morgan fingerprint density at radius 2 is 1.82 bits per heavy atom. The molecule has 0 spiro atoms. The van der Waals surface area contributed by atoms with E-state index in [1.165, 1.54) is 5.56 Å². The quantitative estimate of drug-likeness (QED) is 0.586. The van der Waals surface area contributed by atoms with Crippen molar-refractivity contribution in [2.45, 2.75) is 6.42 Å². The lowest BCUT2D eigenvalue weighted by molar-refractivity contribution is 0.615. The molecule has 0 heterocycles. The fourth-order valence-corrected chi connectivity index (χ4v) is 1.20. The first-order valence-corrected chi connectivity index (χ1v) is 5.45. The first kappa shape index (κ1) is 13.0. The van der Waals surface area contributed by atoms with Crippen LogP contribution in [0.3, 0.4) is 0 Å². The van der Waals surface area contributed by atoms with Crippen molar-refractivity contribution in [1.82, 2.24) is 4.90 Å². The number of nitrogens with two attached hydrogens (primary N) is 2. The predicted molar refractivity (Wildman–Crippen MR) is 71.9 cm³/mol. The summed E-state index contributed by atoms with van der Waals surface area (Å²) in [5.74, 6) is 0.568. The number of rotatable bonds is 3. The van der Waals surface area contributed by atoms with Crippen LogP contribution in [0.4, 0.5) is 0 Å². The van der Waals surface area contributed by atoms with Gasteiger partial charge in [-0.15, -0.1) is 0 Å². The van der Waals surface area contributed by atoms with Gasteiger partial charge in [0.2, 0.25) is 5.96 Å². The van der Waals surface area contributed by atoms with E-state index in [0.717, 1.165) is 6.42 Å². The van der Waals surface area contributed by atoms with E-state index in [0.29, 0.717) is 12.5 Å². The summed E-state index contributed by atoms with van der Waals surface area (Å²) in [6.45, 7) is 0.611. The van der Waals surface area contributed by atoms with E-state index in [1.807, 2.05) is 18.2 Å². The molecule has 0 saturated heterocycles. The molecule has 0 aliphatic rings. The third-order valence-corrected chi connectivity index (χ3v) is 2.20. The van der Waals surface area contributed by atoms with E-state index in [-0.39, 0.29) is 5.96 Å². The first-order chi connectivity index (χ1) is 8.09. The van der Waals surface area contributed by atoms with Crippen molar-refractivity contribution in [2.75, 3.05) is 20.6 Å². The first-order valence-electron chi connectivity index (χ1n) is 5.45. The summed E-state index contributed by atoms with van der Waals surface area (Å²) in [6, 6.07) is 10.1. The van der Waals surface area contributed by atoms with E-state index in [9.17, 15) is 0 Å². The minimum absolute atomic E-state index is 0.215. The number of benzene rings is 1. The molecule has 0 aromatic heterocycles. The number of hydrogen-bond donors (Lipinski definition) is 2. The van der Waals surface area contributed by atoms with Gasteiger partial charge in [0.05, 0.1) is 0 Å². The second-order valence-electron chi connectivity index (χ2n) is 3.84. The summed E-state index contributed by atoms with van der Waals surface area (Å²) in [7, 11) is 3.60. The lowest BCUT2D eigenvalue weighted by Gasteiger charge is -2.09. The molecule has 5 heteroatoms. The maximum atomic E-state index is 5.63. The van der Waals surface area contributed by atoms with Crippen LogP contribution in [0.2, 0.25) is 0 Å². The second-order valence-corrected chi connectivity index (χ2v) is 3.84. The van der Waals surface area contributed by atoms with E-state index in [4.69, 9.17) is 11.5 Å². The van der Waals surface area contributed by atoms with Crippen LogP contribution in [0.25, 0.3) is 0 Å². The molecule has 0 atom stereocenters. The third-order valence-electron chi connectivity index (χ3n) is 2.20. The Bertz CT molecular complexity index is 395. The highest BCUT2D eigenvalue weighted by Crippen LogP contribution is 1.99. The molecule has 0 aliphatic heterocycles. The van der Waals surface area contributed by atoms with Gasteiger partial charge in [-0.2, -0.15) is 4.99 Å². The molecule has 0 aliphatic carbocycles. The van der Waals surface area contributed by atoms with Crippen LogP contribution in [0, 0.1) is 0 Å². The lowest BCUT2D eigenvalue weighted by atomic mass is 10.2. The van der Waals surface area contributed by atoms with E-state index >= 15 is 0 Å². The Balaban J connectivity index is 2.47. The van der Waals surface area contributed by atoms with Gasteiger partial charge in [0.1, 0.15) is 0 Å². The van der Waals surface area contributed by atoms with Crippen molar-refractivity contribution in [1.29, 1.82) is 0 Å².